The zero-order valence-corrected chi connectivity index (χ0v) is 33.4. The fourth-order valence-electron chi connectivity index (χ4n) is 10.7. The van der Waals surface area contributed by atoms with Crippen molar-refractivity contribution in [2.75, 3.05) is 32.7 Å². The summed E-state index contributed by atoms with van der Waals surface area (Å²) in [5, 5.41) is 12.2. The van der Waals surface area contributed by atoms with E-state index in [1.54, 1.807) is 24.3 Å². The number of phenolic OH excluding ortho intramolecular Hbond substituents is 1. The monoisotopic (exact) mass is 818 g/mol. The number of halogens is 2. The third-order valence-electron chi connectivity index (χ3n) is 13.3. The summed E-state index contributed by atoms with van der Waals surface area (Å²) in [5.41, 5.74) is 4.45. The first-order chi connectivity index (χ1) is 28.5. The lowest BCUT2D eigenvalue weighted by Gasteiger charge is -2.51. The second-order valence-electron chi connectivity index (χ2n) is 16.2. The van der Waals surface area contributed by atoms with Gasteiger partial charge in [0.05, 0.1) is 43.1 Å². The summed E-state index contributed by atoms with van der Waals surface area (Å²) in [6.07, 6.45) is 3.62. The molecule has 0 spiro atoms. The number of nitrogens with zero attached hydrogens (tertiary/aromatic N) is 3. The number of carbonyl (C=O) groups is 4. The molecule has 0 radical (unpaired) electrons. The van der Waals surface area contributed by atoms with Crippen molar-refractivity contribution in [2.24, 2.45) is 23.7 Å². The third-order valence-corrected chi connectivity index (χ3v) is 13.5. The molecule has 6 atom stereocenters. The van der Waals surface area contributed by atoms with E-state index in [0.29, 0.717) is 40.3 Å². The number of amides is 4. The molecule has 9 rings (SSSR count). The molecule has 4 aromatic rings. The molecule has 0 aromatic heterocycles. The lowest BCUT2D eigenvalue weighted by atomic mass is 9.49. The van der Waals surface area contributed by atoms with Crippen molar-refractivity contribution in [3.63, 3.8) is 0 Å². The quantitative estimate of drug-likeness (QED) is 0.138. The minimum Gasteiger partial charge on any atom is -0.508 e. The van der Waals surface area contributed by atoms with Crippen LogP contribution in [-0.4, -0.2) is 76.9 Å². The van der Waals surface area contributed by atoms with Crippen LogP contribution in [0.25, 0.3) is 0 Å². The Morgan fingerprint density at radius 2 is 1.51 bits per heavy atom. The number of likely N-dealkylation sites (tertiary alicyclic amines) is 2. The predicted octanol–water partition coefficient (Wildman–Crippen LogP) is 6.85. The van der Waals surface area contributed by atoms with Crippen molar-refractivity contribution in [2.45, 2.75) is 49.6 Å². The molecule has 2 aliphatic carbocycles. The molecule has 4 fully saturated rings. The minimum absolute atomic E-state index is 0.0867. The summed E-state index contributed by atoms with van der Waals surface area (Å²) >= 11 is 6.43. The van der Waals surface area contributed by atoms with Crippen molar-refractivity contribution >= 4 is 40.9 Å². The number of ether oxygens (including phenoxy) is 2. The number of imide groups is 2. The van der Waals surface area contributed by atoms with E-state index in [-0.39, 0.29) is 47.9 Å². The van der Waals surface area contributed by atoms with Gasteiger partial charge in [0, 0.05) is 54.3 Å². The average molecular weight is 819 g/mol. The summed E-state index contributed by atoms with van der Waals surface area (Å²) in [5.74, 6) is -5.83. The third kappa shape index (κ3) is 6.26. The van der Waals surface area contributed by atoms with E-state index in [4.69, 9.17) is 21.1 Å². The van der Waals surface area contributed by atoms with Crippen LogP contribution in [0.4, 0.5) is 10.1 Å². The van der Waals surface area contributed by atoms with E-state index < -0.39 is 52.6 Å². The maximum Gasteiger partial charge on any atom is 0.260 e. The van der Waals surface area contributed by atoms with Gasteiger partial charge >= 0.3 is 0 Å². The number of nitrogens with one attached hydrogen (secondary N) is 1. The molecule has 6 unspecified atom stereocenters. The van der Waals surface area contributed by atoms with E-state index in [1.807, 2.05) is 24.3 Å². The van der Waals surface area contributed by atoms with Crippen molar-refractivity contribution < 1.29 is 38.1 Å². The number of piperidine rings is 1. The van der Waals surface area contributed by atoms with Crippen molar-refractivity contribution in [3.8, 4) is 17.2 Å². The van der Waals surface area contributed by atoms with Crippen molar-refractivity contribution in [1.29, 1.82) is 0 Å². The Balaban J connectivity index is 1.15. The maximum absolute atomic E-state index is 15.5. The fraction of sp³-hybridized carbons (Fsp3) is 0.348. The van der Waals surface area contributed by atoms with Crippen LogP contribution in [0.1, 0.15) is 48.3 Å². The Labute approximate surface area is 346 Å². The van der Waals surface area contributed by atoms with Crippen LogP contribution in [-0.2, 0) is 31.1 Å². The molecular weight excluding hydrogens is 775 g/mol. The van der Waals surface area contributed by atoms with Crippen LogP contribution in [0, 0.1) is 29.5 Å². The molecule has 4 aromatic carbocycles. The first-order valence-electron chi connectivity index (χ1n) is 20.0. The molecular formula is C46H44ClFN4O7. The molecule has 3 saturated heterocycles. The number of anilines is 1. The van der Waals surface area contributed by atoms with Gasteiger partial charge in [-0.2, -0.15) is 5.01 Å². The van der Waals surface area contributed by atoms with Crippen LogP contribution in [0.3, 0.4) is 0 Å². The van der Waals surface area contributed by atoms with Gasteiger partial charge in [0.25, 0.3) is 11.8 Å². The van der Waals surface area contributed by atoms with Crippen LogP contribution in [0.2, 0.25) is 5.02 Å². The molecule has 3 heterocycles. The highest BCUT2D eigenvalue weighted by Gasteiger charge is 2.71. The van der Waals surface area contributed by atoms with E-state index in [1.165, 1.54) is 61.1 Å². The zero-order valence-electron chi connectivity index (χ0n) is 32.6. The summed E-state index contributed by atoms with van der Waals surface area (Å²) in [6, 6.07) is 25.0. The molecule has 59 heavy (non-hydrogen) atoms. The first-order valence-corrected chi connectivity index (χ1v) is 20.4. The summed E-state index contributed by atoms with van der Waals surface area (Å²) < 4.78 is 25.9. The number of methoxy groups -OCH3 is 2. The average Bonchev–Trinajstić information content (AvgIpc) is 3.62. The number of hydrogen-bond acceptors (Lipinski definition) is 9. The second-order valence-corrected chi connectivity index (χ2v) is 16.6. The maximum atomic E-state index is 15.5. The molecule has 3 aliphatic heterocycles. The van der Waals surface area contributed by atoms with Gasteiger partial charge in [0.1, 0.15) is 23.1 Å². The minimum atomic E-state index is -1.65. The van der Waals surface area contributed by atoms with Crippen molar-refractivity contribution in [1.82, 2.24) is 14.8 Å². The van der Waals surface area contributed by atoms with Crippen LogP contribution in [0.5, 0.6) is 17.2 Å². The number of benzene rings is 4. The van der Waals surface area contributed by atoms with E-state index >= 15 is 9.59 Å². The first kappa shape index (κ1) is 38.8. The molecule has 13 heteroatoms. The standard InChI is InChI=1S/C46H44ClFN4O7/c1-58-37-22-32(53)23-38(59-2)40(37)41-33-16-17-34-39(44(56)51(42(34)54)31-18-20-50(21-19-31)25-26-6-4-3-5-7-26)35(33)24-36-43(55)52(49-30-14-12-29(48)13-15-30)45(57)46(36,41)27-8-10-28(47)11-9-27/h3-16,22-23,31,34-36,39,41,49,53H,17-21,24-25H2,1-2H3. The Hall–Kier alpha value is -5.72. The van der Waals surface area contributed by atoms with Gasteiger partial charge in [0.15, 0.2) is 0 Å². The number of allylic oxidation sites excluding steroid dienone is 2. The molecule has 11 nitrogen and oxygen atoms in total. The Kier molecular flexibility index (Phi) is 9.95. The zero-order chi connectivity index (χ0) is 41.2. The Bertz CT molecular complexity index is 2330. The molecule has 5 aliphatic rings. The normalized spacial score (nSPS) is 27.0. The number of hydrogen-bond donors (Lipinski definition) is 2. The van der Waals surface area contributed by atoms with Gasteiger partial charge in [-0.05, 0) is 79.1 Å². The number of aromatic hydroxyl groups is 1. The largest absolute Gasteiger partial charge is 0.508 e. The Morgan fingerprint density at radius 3 is 2.15 bits per heavy atom. The number of fused-ring (bicyclic) bond motifs is 4. The van der Waals surface area contributed by atoms with Crippen LogP contribution in [0.15, 0.2) is 103 Å². The van der Waals surface area contributed by atoms with Crippen LogP contribution >= 0.6 is 11.6 Å². The summed E-state index contributed by atoms with van der Waals surface area (Å²) in [4.78, 5) is 63.8. The SMILES string of the molecule is COc1cc(O)cc(OC)c1C1C2=CCC3C(=O)N(C4CCN(Cc5ccccc5)CC4)C(=O)C3C2CC2C(=O)N(Nc3ccc(F)cc3)C(=O)C21c1ccc(Cl)cc1. The van der Waals surface area contributed by atoms with E-state index in [9.17, 15) is 19.1 Å². The van der Waals surface area contributed by atoms with Gasteiger partial charge in [-0.15, -0.1) is 0 Å². The van der Waals surface area contributed by atoms with Gasteiger partial charge in [-0.3, -0.25) is 34.4 Å². The topological polar surface area (TPSA) is 129 Å². The number of carbonyl (C=O) groups excluding carboxylic acids is 4. The highest BCUT2D eigenvalue weighted by atomic mass is 35.5. The molecule has 4 amide bonds. The fourth-order valence-corrected chi connectivity index (χ4v) is 10.9. The highest BCUT2D eigenvalue weighted by Crippen LogP contribution is 2.66. The van der Waals surface area contributed by atoms with Gasteiger partial charge < -0.3 is 14.6 Å². The van der Waals surface area contributed by atoms with E-state index in [2.05, 4.69) is 22.5 Å². The van der Waals surface area contributed by atoms with Crippen molar-refractivity contribution in [3.05, 3.63) is 130 Å². The summed E-state index contributed by atoms with van der Waals surface area (Å²) in [7, 11) is 2.89. The van der Waals surface area contributed by atoms with Gasteiger partial charge in [0.2, 0.25) is 11.8 Å². The Morgan fingerprint density at radius 1 is 0.847 bits per heavy atom. The second kappa shape index (κ2) is 15.1. The number of rotatable bonds is 9. The number of phenols is 1. The molecule has 1 saturated carbocycles. The highest BCUT2D eigenvalue weighted by molar-refractivity contribution is 6.30. The lowest BCUT2D eigenvalue weighted by molar-refractivity contribution is -0.144. The molecule has 304 valence electrons. The van der Waals surface area contributed by atoms with Gasteiger partial charge in [-0.25, -0.2) is 4.39 Å². The lowest BCUT2D eigenvalue weighted by Crippen LogP contribution is -2.53. The summed E-state index contributed by atoms with van der Waals surface area (Å²) in [6.45, 7) is 2.26. The van der Waals surface area contributed by atoms with E-state index in [0.717, 1.165) is 24.6 Å². The number of hydrazine groups is 1. The smallest absolute Gasteiger partial charge is 0.260 e. The molecule has 0 bridgehead atoms. The van der Waals surface area contributed by atoms with Crippen LogP contribution < -0.4 is 14.9 Å². The molecule has 2 N–H and O–H groups in total. The van der Waals surface area contributed by atoms with Gasteiger partial charge in [-0.1, -0.05) is 65.7 Å². The predicted molar refractivity (Wildman–Crippen MR) is 217 cm³/mol.